The fraction of sp³-hybridized carbons (Fsp3) is 0.357. The summed E-state index contributed by atoms with van der Waals surface area (Å²) < 4.78 is 5.19. The molecule has 17 heavy (non-hydrogen) atoms. The maximum Gasteiger partial charge on any atom is 0.227 e. The molecule has 0 saturated heterocycles. The Balaban J connectivity index is 2.40. The van der Waals surface area contributed by atoms with Gasteiger partial charge in [-0.3, -0.25) is 4.79 Å². The molecule has 1 aromatic rings. The summed E-state index contributed by atoms with van der Waals surface area (Å²) in [6.45, 7) is 2.03. The quantitative estimate of drug-likeness (QED) is 0.783. The lowest BCUT2D eigenvalue weighted by Gasteiger charge is -2.26. The van der Waals surface area contributed by atoms with Gasteiger partial charge in [0.05, 0.1) is 7.11 Å². The smallest absolute Gasteiger partial charge is 0.227 e. The number of hydrogen-bond acceptors (Lipinski definition) is 2. The molecule has 1 aliphatic heterocycles. The van der Waals surface area contributed by atoms with Crippen LogP contribution in [0.4, 0.5) is 0 Å². The van der Waals surface area contributed by atoms with E-state index < -0.39 is 0 Å². The molecule has 0 aromatic heterocycles. The number of carbonyl (C=O) groups excluding carboxylic acids is 1. The molecule has 2 rings (SSSR count). The van der Waals surface area contributed by atoms with Gasteiger partial charge in [0.25, 0.3) is 0 Å². The summed E-state index contributed by atoms with van der Waals surface area (Å²) >= 11 is 0. The topological polar surface area (TPSA) is 29.5 Å². The number of aryl methyl sites for hydroxylation is 1. The number of nitrogens with zero attached hydrogens (tertiary/aromatic N) is 1. The SMILES string of the molecule is COc1ccc(C2=CCCC(=O)N2C)c(C)c1. The van der Waals surface area contributed by atoms with Crippen molar-refractivity contribution in [3.63, 3.8) is 0 Å². The fourth-order valence-electron chi connectivity index (χ4n) is 2.11. The van der Waals surface area contributed by atoms with Crippen molar-refractivity contribution >= 4 is 11.6 Å². The molecule has 0 unspecified atom stereocenters. The summed E-state index contributed by atoms with van der Waals surface area (Å²) in [5.74, 6) is 1.02. The third kappa shape index (κ3) is 2.18. The minimum atomic E-state index is 0.178. The van der Waals surface area contributed by atoms with Crippen LogP contribution in [0.25, 0.3) is 5.70 Å². The Labute approximate surface area is 102 Å². The van der Waals surface area contributed by atoms with Crippen molar-refractivity contribution in [3.05, 3.63) is 35.4 Å². The van der Waals surface area contributed by atoms with Crippen LogP contribution in [0.5, 0.6) is 5.75 Å². The van der Waals surface area contributed by atoms with Crippen LogP contribution >= 0.6 is 0 Å². The summed E-state index contributed by atoms with van der Waals surface area (Å²) in [4.78, 5) is 13.4. The van der Waals surface area contributed by atoms with Crippen LogP contribution in [0.15, 0.2) is 24.3 Å². The van der Waals surface area contributed by atoms with Crippen molar-refractivity contribution < 1.29 is 9.53 Å². The Morgan fingerprint density at radius 3 is 2.76 bits per heavy atom. The molecule has 1 aromatic carbocycles. The number of benzene rings is 1. The normalized spacial score (nSPS) is 15.8. The van der Waals surface area contributed by atoms with Gasteiger partial charge >= 0.3 is 0 Å². The Morgan fingerprint density at radius 2 is 2.12 bits per heavy atom. The highest BCUT2D eigenvalue weighted by atomic mass is 16.5. The summed E-state index contributed by atoms with van der Waals surface area (Å²) in [6.07, 6.45) is 3.55. The Kier molecular flexibility index (Phi) is 3.18. The van der Waals surface area contributed by atoms with Gasteiger partial charge in [0.15, 0.2) is 0 Å². The van der Waals surface area contributed by atoms with Gasteiger partial charge in [-0.15, -0.1) is 0 Å². The van der Waals surface area contributed by atoms with Crippen LogP contribution in [0.1, 0.15) is 24.0 Å². The summed E-state index contributed by atoms with van der Waals surface area (Å²) in [5, 5.41) is 0. The second-order valence-electron chi connectivity index (χ2n) is 4.26. The third-order valence-electron chi connectivity index (χ3n) is 3.14. The predicted octanol–water partition coefficient (Wildman–Crippen LogP) is 2.60. The zero-order chi connectivity index (χ0) is 12.4. The average Bonchev–Trinajstić information content (AvgIpc) is 2.33. The van der Waals surface area contributed by atoms with E-state index in [-0.39, 0.29) is 5.91 Å². The van der Waals surface area contributed by atoms with Gasteiger partial charge in [-0.25, -0.2) is 0 Å². The van der Waals surface area contributed by atoms with Gasteiger partial charge in [0.1, 0.15) is 5.75 Å². The van der Waals surface area contributed by atoms with Crippen molar-refractivity contribution in [1.82, 2.24) is 4.90 Å². The highest BCUT2D eigenvalue weighted by molar-refractivity contribution is 5.89. The zero-order valence-electron chi connectivity index (χ0n) is 10.5. The lowest BCUT2D eigenvalue weighted by Crippen LogP contribution is -2.27. The Bertz CT molecular complexity index is 477. The lowest BCUT2D eigenvalue weighted by molar-refractivity contribution is -0.127. The zero-order valence-corrected chi connectivity index (χ0v) is 10.5. The van der Waals surface area contributed by atoms with E-state index in [1.165, 1.54) is 0 Å². The fourth-order valence-corrected chi connectivity index (χ4v) is 2.11. The number of ether oxygens (including phenoxy) is 1. The van der Waals surface area contributed by atoms with Crippen molar-refractivity contribution in [2.24, 2.45) is 0 Å². The minimum Gasteiger partial charge on any atom is -0.497 e. The van der Waals surface area contributed by atoms with Gasteiger partial charge in [-0.1, -0.05) is 6.08 Å². The first-order valence-corrected chi connectivity index (χ1v) is 5.75. The van der Waals surface area contributed by atoms with Gasteiger partial charge in [0.2, 0.25) is 5.91 Å². The first-order chi connectivity index (χ1) is 8.13. The van der Waals surface area contributed by atoms with E-state index >= 15 is 0 Å². The molecule has 0 spiro atoms. The van der Waals surface area contributed by atoms with E-state index in [9.17, 15) is 4.79 Å². The Morgan fingerprint density at radius 1 is 1.35 bits per heavy atom. The van der Waals surface area contributed by atoms with Crippen molar-refractivity contribution in [3.8, 4) is 5.75 Å². The molecule has 0 fully saturated rings. The van der Waals surface area contributed by atoms with Gasteiger partial charge in [-0.05, 0) is 37.1 Å². The average molecular weight is 231 g/mol. The predicted molar refractivity (Wildman–Crippen MR) is 67.7 cm³/mol. The molecule has 1 aliphatic rings. The highest BCUT2D eigenvalue weighted by Crippen LogP contribution is 2.28. The first kappa shape index (κ1) is 11.7. The molecular weight excluding hydrogens is 214 g/mol. The molecule has 1 heterocycles. The molecule has 90 valence electrons. The van der Waals surface area contributed by atoms with Crippen molar-refractivity contribution in [2.75, 3.05) is 14.2 Å². The second kappa shape index (κ2) is 4.62. The number of methoxy groups -OCH3 is 1. The number of amides is 1. The highest BCUT2D eigenvalue weighted by Gasteiger charge is 2.19. The third-order valence-corrected chi connectivity index (χ3v) is 3.14. The number of allylic oxidation sites excluding steroid dienone is 1. The first-order valence-electron chi connectivity index (χ1n) is 5.75. The molecule has 0 saturated carbocycles. The maximum atomic E-state index is 11.7. The number of hydrogen-bond donors (Lipinski definition) is 0. The van der Waals surface area contributed by atoms with Crippen LogP contribution in [0, 0.1) is 6.92 Å². The molecule has 3 nitrogen and oxygen atoms in total. The summed E-state index contributed by atoms with van der Waals surface area (Å²) in [7, 11) is 3.49. The van der Waals surface area contributed by atoms with Crippen LogP contribution < -0.4 is 4.74 Å². The molecule has 0 aliphatic carbocycles. The standard InChI is InChI=1S/C14H17NO2/c1-10-9-11(17-3)7-8-12(10)13-5-4-6-14(16)15(13)2/h5,7-9H,4,6H2,1-3H3. The maximum absolute atomic E-state index is 11.7. The van der Waals surface area contributed by atoms with E-state index in [1.807, 2.05) is 32.2 Å². The molecule has 0 bridgehead atoms. The summed E-state index contributed by atoms with van der Waals surface area (Å²) in [6, 6.07) is 5.92. The molecule has 0 N–H and O–H groups in total. The van der Waals surface area contributed by atoms with Crippen LogP contribution in [-0.2, 0) is 4.79 Å². The van der Waals surface area contributed by atoms with Gasteiger partial charge < -0.3 is 9.64 Å². The number of carbonyl (C=O) groups is 1. The van der Waals surface area contributed by atoms with Gasteiger partial charge in [0, 0.05) is 24.7 Å². The van der Waals surface area contributed by atoms with Gasteiger partial charge in [-0.2, -0.15) is 0 Å². The number of rotatable bonds is 2. The van der Waals surface area contributed by atoms with Crippen molar-refractivity contribution in [2.45, 2.75) is 19.8 Å². The molecule has 0 radical (unpaired) electrons. The van der Waals surface area contributed by atoms with E-state index in [2.05, 4.69) is 6.08 Å². The van der Waals surface area contributed by atoms with E-state index in [0.29, 0.717) is 6.42 Å². The molecular formula is C14H17NO2. The molecule has 3 heteroatoms. The largest absolute Gasteiger partial charge is 0.497 e. The van der Waals surface area contributed by atoms with E-state index in [0.717, 1.165) is 29.0 Å². The van der Waals surface area contributed by atoms with E-state index in [4.69, 9.17) is 4.74 Å². The van der Waals surface area contributed by atoms with Crippen LogP contribution in [-0.4, -0.2) is 25.0 Å². The summed E-state index contributed by atoms with van der Waals surface area (Å²) in [5.41, 5.74) is 3.22. The lowest BCUT2D eigenvalue weighted by atomic mass is 10.0. The monoisotopic (exact) mass is 231 g/mol. The molecule has 0 atom stereocenters. The second-order valence-corrected chi connectivity index (χ2v) is 4.26. The van der Waals surface area contributed by atoms with Crippen molar-refractivity contribution in [1.29, 1.82) is 0 Å². The Hall–Kier alpha value is -1.77. The van der Waals surface area contributed by atoms with Crippen LogP contribution in [0.3, 0.4) is 0 Å². The van der Waals surface area contributed by atoms with Crippen LogP contribution in [0.2, 0.25) is 0 Å². The van der Waals surface area contributed by atoms with E-state index in [1.54, 1.807) is 12.0 Å². The minimum absolute atomic E-state index is 0.178. The molecule has 1 amide bonds.